The molecular weight excluding hydrogens is 346 g/mol. The molecule has 4 aromatic rings. The number of hydrogen-bond donors (Lipinski definition) is 2. The Morgan fingerprint density at radius 1 is 0.846 bits per heavy atom. The van der Waals surface area contributed by atoms with Crippen molar-refractivity contribution in [2.75, 3.05) is 5.32 Å². The van der Waals surface area contributed by atoms with E-state index in [0.717, 1.165) is 16.5 Å². The molecule has 128 valence electrons. The summed E-state index contributed by atoms with van der Waals surface area (Å²) >= 11 is 6.04. The van der Waals surface area contributed by atoms with E-state index >= 15 is 0 Å². The van der Waals surface area contributed by atoms with Crippen LogP contribution in [0.3, 0.4) is 0 Å². The van der Waals surface area contributed by atoms with Gasteiger partial charge in [0.05, 0.1) is 6.04 Å². The average molecular weight is 362 g/mol. The van der Waals surface area contributed by atoms with Crippen molar-refractivity contribution < 1.29 is 5.11 Å². The van der Waals surface area contributed by atoms with Crippen LogP contribution < -0.4 is 5.32 Å². The Bertz CT molecular complexity index is 1040. The summed E-state index contributed by atoms with van der Waals surface area (Å²) < 4.78 is 0. The van der Waals surface area contributed by atoms with Gasteiger partial charge in [0.25, 0.3) is 0 Å². The summed E-state index contributed by atoms with van der Waals surface area (Å²) in [6.07, 6.45) is 3.40. The SMILES string of the molecule is Oc1c([C@@H](Nc2ccccn2)c2ccc(Cl)cc2)ccc2cccnc12. The second kappa shape index (κ2) is 7.02. The van der Waals surface area contributed by atoms with Gasteiger partial charge in [-0.05, 0) is 35.9 Å². The van der Waals surface area contributed by atoms with Gasteiger partial charge in [-0.2, -0.15) is 0 Å². The smallest absolute Gasteiger partial charge is 0.147 e. The number of hydrogen-bond acceptors (Lipinski definition) is 4. The van der Waals surface area contributed by atoms with Crippen molar-refractivity contribution in [3.05, 3.63) is 95.3 Å². The third-order valence-corrected chi connectivity index (χ3v) is 4.50. The number of nitrogens with one attached hydrogen (secondary N) is 1. The number of benzene rings is 2. The number of rotatable bonds is 4. The van der Waals surface area contributed by atoms with E-state index in [0.29, 0.717) is 16.4 Å². The Hall–Kier alpha value is -3.11. The molecule has 2 aromatic heterocycles. The van der Waals surface area contributed by atoms with Gasteiger partial charge in [0.2, 0.25) is 0 Å². The highest BCUT2D eigenvalue weighted by Crippen LogP contribution is 2.36. The Morgan fingerprint density at radius 3 is 2.42 bits per heavy atom. The fourth-order valence-corrected chi connectivity index (χ4v) is 3.10. The maximum absolute atomic E-state index is 10.9. The van der Waals surface area contributed by atoms with E-state index in [9.17, 15) is 5.11 Å². The van der Waals surface area contributed by atoms with E-state index in [1.54, 1.807) is 12.4 Å². The third kappa shape index (κ3) is 3.19. The summed E-state index contributed by atoms with van der Waals surface area (Å²) in [5, 5.41) is 15.8. The topological polar surface area (TPSA) is 58.0 Å². The van der Waals surface area contributed by atoms with Crippen LogP contribution in [0.15, 0.2) is 79.1 Å². The zero-order valence-corrected chi connectivity index (χ0v) is 14.6. The van der Waals surface area contributed by atoms with Crippen molar-refractivity contribution in [3.63, 3.8) is 0 Å². The molecule has 0 aliphatic rings. The molecule has 0 saturated heterocycles. The van der Waals surface area contributed by atoms with Crippen LogP contribution in [-0.4, -0.2) is 15.1 Å². The first-order chi connectivity index (χ1) is 12.7. The molecule has 1 atom stereocenters. The molecule has 0 unspecified atom stereocenters. The molecule has 0 fully saturated rings. The van der Waals surface area contributed by atoms with E-state index in [1.165, 1.54) is 0 Å². The van der Waals surface area contributed by atoms with E-state index in [1.807, 2.05) is 66.7 Å². The van der Waals surface area contributed by atoms with Crippen LogP contribution in [0.5, 0.6) is 5.75 Å². The van der Waals surface area contributed by atoms with Crippen LogP contribution in [0.4, 0.5) is 5.82 Å². The Kier molecular flexibility index (Phi) is 4.42. The van der Waals surface area contributed by atoms with Gasteiger partial charge in [0.15, 0.2) is 0 Å². The molecule has 2 aromatic carbocycles. The lowest BCUT2D eigenvalue weighted by Crippen LogP contribution is -2.13. The number of nitrogens with zero attached hydrogens (tertiary/aromatic N) is 2. The first-order valence-electron chi connectivity index (χ1n) is 8.22. The van der Waals surface area contributed by atoms with Crippen LogP contribution in [0.25, 0.3) is 10.9 Å². The molecule has 26 heavy (non-hydrogen) atoms. The zero-order chi connectivity index (χ0) is 17.9. The average Bonchev–Trinajstić information content (AvgIpc) is 2.69. The highest BCUT2D eigenvalue weighted by Gasteiger charge is 2.20. The molecule has 2 N–H and O–H groups in total. The molecular formula is C21H16ClN3O. The summed E-state index contributed by atoms with van der Waals surface area (Å²) in [5.74, 6) is 0.874. The fourth-order valence-electron chi connectivity index (χ4n) is 2.97. The van der Waals surface area contributed by atoms with Crippen molar-refractivity contribution in [2.45, 2.75) is 6.04 Å². The second-order valence-corrected chi connectivity index (χ2v) is 6.36. The number of phenolic OH excluding ortho intramolecular Hbond substituents is 1. The summed E-state index contributed by atoms with van der Waals surface area (Å²) in [6, 6.07) is 20.6. The molecule has 0 aliphatic carbocycles. The van der Waals surface area contributed by atoms with Gasteiger partial charge in [-0.25, -0.2) is 4.98 Å². The third-order valence-electron chi connectivity index (χ3n) is 4.25. The minimum Gasteiger partial charge on any atom is -0.505 e. The van der Waals surface area contributed by atoms with E-state index < -0.39 is 0 Å². The number of phenols is 1. The molecule has 0 aliphatic heterocycles. The maximum Gasteiger partial charge on any atom is 0.147 e. The van der Waals surface area contributed by atoms with Gasteiger partial charge >= 0.3 is 0 Å². The van der Waals surface area contributed by atoms with Crippen LogP contribution in [0, 0.1) is 0 Å². The van der Waals surface area contributed by atoms with Gasteiger partial charge in [-0.1, -0.05) is 48.0 Å². The fraction of sp³-hybridized carbons (Fsp3) is 0.0476. The number of aromatic hydroxyl groups is 1. The van der Waals surface area contributed by atoms with Crippen LogP contribution in [0.2, 0.25) is 5.02 Å². The maximum atomic E-state index is 10.9. The molecule has 0 saturated carbocycles. The molecule has 0 spiro atoms. The normalized spacial score (nSPS) is 12.0. The first-order valence-corrected chi connectivity index (χ1v) is 8.60. The highest BCUT2D eigenvalue weighted by molar-refractivity contribution is 6.30. The summed E-state index contributed by atoms with van der Waals surface area (Å²) in [5.41, 5.74) is 2.27. The largest absolute Gasteiger partial charge is 0.505 e. The van der Waals surface area contributed by atoms with E-state index in [4.69, 9.17) is 11.6 Å². The molecule has 4 nitrogen and oxygen atoms in total. The first kappa shape index (κ1) is 16.4. The van der Waals surface area contributed by atoms with Crippen LogP contribution in [0.1, 0.15) is 17.2 Å². The second-order valence-electron chi connectivity index (χ2n) is 5.92. The minimum atomic E-state index is -0.298. The lowest BCUT2D eigenvalue weighted by Gasteiger charge is -2.22. The number of anilines is 1. The lowest BCUT2D eigenvalue weighted by atomic mass is 9.96. The van der Waals surface area contributed by atoms with Crippen molar-refractivity contribution >= 4 is 28.3 Å². The Balaban J connectivity index is 1.84. The van der Waals surface area contributed by atoms with Crippen molar-refractivity contribution in [2.24, 2.45) is 0 Å². The number of halogens is 1. The van der Waals surface area contributed by atoms with E-state index in [2.05, 4.69) is 15.3 Å². The Labute approximate surface area is 156 Å². The van der Waals surface area contributed by atoms with Gasteiger partial charge in [0, 0.05) is 28.4 Å². The van der Waals surface area contributed by atoms with E-state index in [-0.39, 0.29) is 11.8 Å². The number of pyridine rings is 2. The summed E-state index contributed by atoms with van der Waals surface area (Å²) in [7, 11) is 0. The standard InChI is InChI=1S/C21H16ClN3O/c22-16-9-6-15(7-10-16)19(25-18-5-1-2-12-23-18)17-11-8-14-4-3-13-24-20(14)21(17)26/h1-13,19,26H,(H,23,25)/t19-/m0/s1. The summed E-state index contributed by atoms with van der Waals surface area (Å²) in [4.78, 5) is 8.67. The monoisotopic (exact) mass is 361 g/mol. The Morgan fingerprint density at radius 2 is 1.65 bits per heavy atom. The molecule has 0 bridgehead atoms. The number of fused-ring (bicyclic) bond motifs is 1. The van der Waals surface area contributed by atoms with Crippen LogP contribution >= 0.6 is 11.6 Å². The predicted molar refractivity (Wildman–Crippen MR) is 105 cm³/mol. The van der Waals surface area contributed by atoms with Crippen molar-refractivity contribution in [1.29, 1.82) is 0 Å². The van der Waals surface area contributed by atoms with Gasteiger partial charge in [-0.15, -0.1) is 0 Å². The van der Waals surface area contributed by atoms with Crippen molar-refractivity contribution in [1.82, 2.24) is 9.97 Å². The molecule has 0 radical (unpaired) electrons. The van der Waals surface area contributed by atoms with Crippen LogP contribution in [-0.2, 0) is 0 Å². The predicted octanol–water partition coefficient (Wildman–Crippen LogP) is 5.19. The van der Waals surface area contributed by atoms with Gasteiger partial charge < -0.3 is 10.4 Å². The van der Waals surface area contributed by atoms with Gasteiger partial charge in [0.1, 0.15) is 17.1 Å². The molecule has 5 heteroatoms. The highest BCUT2D eigenvalue weighted by atomic mass is 35.5. The lowest BCUT2D eigenvalue weighted by molar-refractivity contribution is 0.471. The molecule has 2 heterocycles. The minimum absolute atomic E-state index is 0.159. The van der Waals surface area contributed by atoms with Crippen molar-refractivity contribution in [3.8, 4) is 5.75 Å². The zero-order valence-electron chi connectivity index (χ0n) is 13.8. The molecule has 4 rings (SSSR count). The molecule has 0 amide bonds. The number of aromatic nitrogens is 2. The van der Waals surface area contributed by atoms with Gasteiger partial charge in [-0.3, -0.25) is 4.98 Å². The quantitative estimate of drug-likeness (QED) is 0.525. The summed E-state index contributed by atoms with van der Waals surface area (Å²) in [6.45, 7) is 0.